The summed E-state index contributed by atoms with van der Waals surface area (Å²) in [6, 6.07) is 0. The van der Waals surface area contributed by atoms with Gasteiger partial charge in [0.2, 0.25) is 0 Å². The lowest BCUT2D eigenvalue weighted by Crippen LogP contribution is -2.34. The highest BCUT2D eigenvalue weighted by atomic mass is 16.5. The van der Waals surface area contributed by atoms with Crippen LogP contribution in [0.5, 0.6) is 0 Å². The zero-order chi connectivity index (χ0) is 27.3. The zero-order valence-electron chi connectivity index (χ0n) is 23.7. The van der Waals surface area contributed by atoms with Gasteiger partial charge in [-0.25, -0.2) is 4.79 Å². The number of aliphatic hydroxyl groups is 1. The summed E-state index contributed by atoms with van der Waals surface area (Å²) in [5, 5.41) is 10.7. The van der Waals surface area contributed by atoms with Crippen molar-refractivity contribution in [3.8, 4) is 0 Å². The van der Waals surface area contributed by atoms with E-state index in [0.717, 1.165) is 31.3 Å². The van der Waals surface area contributed by atoms with Gasteiger partial charge in [0.25, 0.3) is 0 Å². The Morgan fingerprint density at radius 1 is 1.17 bits per heavy atom. The molecule has 0 radical (unpaired) electrons. The summed E-state index contributed by atoms with van der Waals surface area (Å²) in [4.78, 5) is 24.3. The molecule has 1 aliphatic heterocycles. The first-order valence-electron chi connectivity index (χ1n) is 13.4. The van der Waals surface area contributed by atoms with Crippen molar-refractivity contribution >= 4 is 11.8 Å². The molecular weight excluding hydrogens is 448 g/mol. The summed E-state index contributed by atoms with van der Waals surface area (Å²) < 4.78 is 5.29. The molecule has 4 heteroatoms. The minimum absolute atomic E-state index is 0.0456. The first kappa shape index (κ1) is 31.6. The number of hydrogen-bond donors (Lipinski definition) is 1. The highest BCUT2D eigenvalue weighted by molar-refractivity contribution is 5.85. The Bertz CT molecular complexity index is 899. The number of ether oxygens (including phenoxy) is 1. The summed E-state index contributed by atoms with van der Waals surface area (Å²) in [6.45, 7) is 16.1. The van der Waals surface area contributed by atoms with Gasteiger partial charge >= 0.3 is 5.97 Å². The molecule has 4 nitrogen and oxygen atoms in total. The molecule has 1 N–H and O–H groups in total. The summed E-state index contributed by atoms with van der Waals surface area (Å²) in [7, 11) is 0. The number of ketones is 1. The number of hydrogen-bond acceptors (Lipinski definition) is 4. The first-order chi connectivity index (χ1) is 17.0. The fourth-order valence-electron chi connectivity index (χ4n) is 4.43. The topological polar surface area (TPSA) is 63.6 Å². The van der Waals surface area contributed by atoms with Gasteiger partial charge in [-0.3, -0.25) is 4.79 Å². The van der Waals surface area contributed by atoms with Crippen LogP contribution in [0.1, 0.15) is 81.1 Å². The molecule has 6 atom stereocenters. The van der Waals surface area contributed by atoms with Gasteiger partial charge in [-0.15, -0.1) is 0 Å². The normalized spacial score (nSPS) is 22.0. The van der Waals surface area contributed by atoms with E-state index < -0.39 is 12.0 Å². The van der Waals surface area contributed by atoms with Crippen LogP contribution in [0, 0.1) is 23.7 Å². The SMILES string of the molecule is C/C=C(\C)C[C@H](C)[C@@H](O)[C@H](C)C(=O)[C@H](C)/C=C(C)/C=C/C[C@@H](C)/C=C(\C=C\[C@H]1CC=CC(=O)O1)CC. The maximum Gasteiger partial charge on any atom is 0.331 e. The number of cyclic esters (lactones) is 1. The minimum atomic E-state index is -0.643. The largest absolute Gasteiger partial charge is 0.455 e. The molecule has 0 unspecified atom stereocenters. The zero-order valence-corrected chi connectivity index (χ0v) is 23.7. The third kappa shape index (κ3) is 11.5. The molecule has 0 bridgehead atoms. The Morgan fingerprint density at radius 2 is 1.86 bits per heavy atom. The van der Waals surface area contributed by atoms with Crippen molar-refractivity contribution in [1.29, 1.82) is 0 Å². The maximum atomic E-state index is 12.9. The van der Waals surface area contributed by atoms with Crippen molar-refractivity contribution in [3.05, 3.63) is 71.4 Å². The molecule has 200 valence electrons. The first-order valence-corrected chi connectivity index (χ1v) is 13.4. The Balaban J connectivity index is 2.64. The van der Waals surface area contributed by atoms with Gasteiger partial charge in [0.15, 0.2) is 0 Å². The molecular formula is C32H48O4. The summed E-state index contributed by atoms with van der Waals surface area (Å²) >= 11 is 0. The predicted octanol–water partition coefficient (Wildman–Crippen LogP) is 7.47. The summed E-state index contributed by atoms with van der Waals surface area (Å²) in [6.07, 6.45) is 20.4. The van der Waals surface area contributed by atoms with Gasteiger partial charge in [-0.05, 0) is 57.9 Å². The van der Waals surface area contributed by atoms with E-state index in [9.17, 15) is 14.7 Å². The van der Waals surface area contributed by atoms with E-state index in [-0.39, 0.29) is 29.7 Å². The molecule has 0 amide bonds. The lowest BCUT2D eigenvalue weighted by Gasteiger charge is -2.25. The average Bonchev–Trinajstić information content (AvgIpc) is 2.84. The van der Waals surface area contributed by atoms with Crippen molar-refractivity contribution in [3.63, 3.8) is 0 Å². The number of esters is 1. The van der Waals surface area contributed by atoms with Crippen molar-refractivity contribution in [2.75, 3.05) is 0 Å². The minimum Gasteiger partial charge on any atom is -0.455 e. The third-order valence-electron chi connectivity index (χ3n) is 6.85. The average molecular weight is 497 g/mol. The number of carbonyl (C=O) groups is 2. The Morgan fingerprint density at radius 3 is 2.47 bits per heavy atom. The Hall–Kier alpha value is -2.46. The van der Waals surface area contributed by atoms with Gasteiger partial charge in [-0.1, -0.05) is 93.9 Å². The fourth-order valence-corrected chi connectivity index (χ4v) is 4.43. The number of rotatable bonds is 14. The van der Waals surface area contributed by atoms with Crippen molar-refractivity contribution in [2.24, 2.45) is 23.7 Å². The molecule has 1 aliphatic rings. The van der Waals surface area contributed by atoms with Crippen LogP contribution in [0.25, 0.3) is 0 Å². The second-order valence-corrected chi connectivity index (χ2v) is 10.4. The van der Waals surface area contributed by atoms with Gasteiger partial charge in [0.1, 0.15) is 11.9 Å². The second kappa shape index (κ2) is 16.3. The molecule has 0 fully saturated rings. The molecule has 0 aliphatic carbocycles. The van der Waals surface area contributed by atoms with E-state index in [4.69, 9.17) is 4.74 Å². The van der Waals surface area contributed by atoms with Crippen molar-refractivity contribution in [1.82, 2.24) is 0 Å². The quantitative estimate of drug-likeness (QED) is 0.154. The van der Waals surface area contributed by atoms with Crippen LogP contribution in [-0.2, 0) is 14.3 Å². The molecule has 0 aromatic heterocycles. The molecule has 0 aromatic rings. The van der Waals surface area contributed by atoms with E-state index in [1.165, 1.54) is 17.2 Å². The highest BCUT2D eigenvalue weighted by Gasteiger charge is 2.29. The molecule has 0 spiro atoms. The van der Waals surface area contributed by atoms with E-state index in [0.29, 0.717) is 5.92 Å². The van der Waals surface area contributed by atoms with Gasteiger partial charge in [0, 0.05) is 24.3 Å². The van der Waals surface area contributed by atoms with Crippen LogP contribution in [0.15, 0.2) is 71.4 Å². The van der Waals surface area contributed by atoms with Crippen LogP contribution >= 0.6 is 0 Å². The monoisotopic (exact) mass is 496 g/mol. The van der Waals surface area contributed by atoms with Crippen LogP contribution in [0.3, 0.4) is 0 Å². The van der Waals surface area contributed by atoms with Crippen LogP contribution in [-0.4, -0.2) is 29.1 Å². The fraction of sp³-hybridized carbons (Fsp3) is 0.562. The lowest BCUT2D eigenvalue weighted by molar-refractivity contribution is -0.141. The van der Waals surface area contributed by atoms with E-state index in [1.54, 1.807) is 0 Å². The smallest absolute Gasteiger partial charge is 0.331 e. The lowest BCUT2D eigenvalue weighted by atomic mass is 9.83. The summed E-state index contributed by atoms with van der Waals surface area (Å²) in [5.74, 6) is -0.438. The Kier molecular flexibility index (Phi) is 14.3. The molecule has 0 saturated carbocycles. The van der Waals surface area contributed by atoms with Crippen LogP contribution in [0.4, 0.5) is 0 Å². The molecule has 0 saturated heterocycles. The van der Waals surface area contributed by atoms with Gasteiger partial charge in [0.05, 0.1) is 6.10 Å². The number of aliphatic hydroxyl groups excluding tert-OH is 1. The molecule has 36 heavy (non-hydrogen) atoms. The van der Waals surface area contributed by atoms with Crippen molar-refractivity contribution in [2.45, 2.75) is 93.3 Å². The molecule has 1 rings (SSSR count). The number of Topliss-reactive ketones (excluding diaryl/α,β-unsaturated/α-hetero) is 1. The molecule has 1 heterocycles. The van der Waals surface area contributed by atoms with Gasteiger partial charge < -0.3 is 9.84 Å². The maximum absolute atomic E-state index is 12.9. The van der Waals surface area contributed by atoms with Gasteiger partial charge in [-0.2, -0.15) is 0 Å². The molecule has 0 aromatic carbocycles. The third-order valence-corrected chi connectivity index (χ3v) is 6.85. The Labute approximate surface area is 219 Å². The van der Waals surface area contributed by atoms with E-state index in [2.05, 4.69) is 51.2 Å². The van der Waals surface area contributed by atoms with E-state index in [1.807, 2.05) is 52.8 Å². The standard InChI is InChI=1S/C32H48O4/c1-9-22(3)19-25(6)31(34)27(8)32(35)26(7)20-23(4)13-11-14-24(5)21-28(10-2)17-18-29-15-12-16-30(33)36-29/h9,11-13,16-18,20-21,24-27,29,31,34H,10,14-15,19H2,1-8H3/b13-11+,18-17+,22-9+,23-20+,28-21-/t24-,25+,26-,27+,29-,31-/m1/s1. The van der Waals surface area contributed by atoms with E-state index >= 15 is 0 Å². The van der Waals surface area contributed by atoms with Crippen LogP contribution in [0.2, 0.25) is 0 Å². The number of carbonyl (C=O) groups excluding carboxylic acids is 2. The number of allylic oxidation sites excluding steroid dienone is 9. The second-order valence-electron chi connectivity index (χ2n) is 10.4. The predicted molar refractivity (Wildman–Crippen MR) is 150 cm³/mol. The highest BCUT2D eigenvalue weighted by Crippen LogP contribution is 2.24. The summed E-state index contributed by atoms with van der Waals surface area (Å²) in [5.41, 5.74) is 3.50. The van der Waals surface area contributed by atoms with Crippen molar-refractivity contribution < 1.29 is 19.4 Å². The van der Waals surface area contributed by atoms with Crippen LogP contribution < -0.4 is 0 Å².